The molecule has 1 aliphatic rings. The molecule has 0 aliphatic heterocycles. The highest BCUT2D eigenvalue weighted by molar-refractivity contribution is 7.12. The Morgan fingerprint density at radius 1 is 1.56 bits per heavy atom. The molecule has 0 aromatic carbocycles. The van der Waals surface area contributed by atoms with E-state index in [1.165, 1.54) is 37.0 Å². The lowest BCUT2D eigenvalue weighted by atomic mass is 9.98. The minimum Gasteiger partial charge on any atom is -0.347 e. The third-order valence-corrected chi connectivity index (χ3v) is 4.83. The van der Waals surface area contributed by atoms with Gasteiger partial charge in [0.05, 0.1) is 4.88 Å². The Morgan fingerprint density at radius 2 is 2.28 bits per heavy atom. The minimum atomic E-state index is 0.0594. The molecule has 1 unspecified atom stereocenters. The van der Waals surface area contributed by atoms with Gasteiger partial charge in [-0.1, -0.05) is 19.8 Å². The van der Waals surface area contributed by atoms with Crippen LogP contribution < -0.4 is 11.1 Å². The molecule has 3 N–H and O–H groups in total. The molecule has 1 atom stereocenters. The van der Waals surface area contributed by atoms with Crippen molar-refractivity contribution < 1.29 is 4.79 Å². The molecule has 0 spiro atoms. The first kappa shape index (κ1) is 13.6. The van der Waals surface area contributed by atoms with Crippen LogP contribution in [-0.4, -0.2) is 18.5 Å². The lowest BCUT2D eigenvalue weighted by molar-refractivity contribution is 0.0927. The van der Waals surface area contributed by atoms with Crippen LogP contribution in [0.25, 0.3) is 0 Å². The average molecular weight is 266 g/mol. The summed E-state index contributed by atoms with van der Waals surface area (Å²) >= 11 is 1.52. The molecule has 1 fully saturated rings. The topological polar surface area (TPSA) is 55.1 Å². The maximum absolute atomic E-state index is 12.3. The van der Waals surface area contributed by atoms with Crippen LogP contribution in [0.3, 0.4) is 0 Å². The minimum absolute atomic E-state index is 0.0594. The summed E-state index contributed by atoms with van der Waals surface area (Å²) in [6.07, 6.45) is 5.86. The molecular formula is C14H22N2OS. The number of hydrogen-bond acceptors (Lipinski definition) is 3. The van der Waals surface area contributed by atoms with Crippen LogP contribution in [0.5, 0.6) is 0 Å². The number of thiophene rings is 1. The van der Waals surface area contributed by atoms with Crippen molar-refractivity contribution in [1.29, 1.82) is 0 Å². The molecule has 1 aromatic heterocycles. The summed E-state index contributed by atoms with van der Waals surface area (Å²) in [5, 5.41) is 5.12. The van der Waals surface area contributed by atoms with E-state index < -0.39 is 0 Å². The molecule has 1 heterocycles. The van der Waals surface area contributed by atoms with E-state index in [9.17, 15) is 4.79 Å². The van der Waals surface area contributed by atoms with E-state index in [0.29, 0.717) is 12.5 Å². The summed E-state index contributed by atoms with van der Waals surface area (Å²) in [5.41, 5.74) is 6.95. The van der Waals surface area contributed by atoms with Crippen molar-refractivity contribution in [3.05, 3.63) is 21.9 Å². The SMILES string of the molecule is CCc1ccsc1C(=O)NC(CN)C1CCCC1. The number of nitrogens with two attached hydrogens (primary N) is 1. The fourth-order valence-corrected chi connectivity index (χ4v) is 3.67. The number of aryl methyl sites for hydroxylation is 1. The lowest BCUT2D eigenvalue weighted by Crippen LogP contribution is -2.44. The summed E-state index contributed by atoms with van der Waals surface area (Å²) < 4.78 is 0. The molecule has 0 saturated heterocycles. The van der Waals surface area contributed by atoms with Gasteiger partial charge in [0, 0.05) is 12.6 Å². The maximum atomic E-state index is 12.3. The van der Waals surface area contributed by atoms with Gasteiger partial charge >= 0.3 is 0 Å². The number of hydrogen-bond donors (Lipinski definition) is 2. The largest absolute Gasteiger partial charge is 0.347 e. The zero-order chi connectivity index (χ0) is 13.0. The number of rotatable bonds is 5. The molecule has 0 bridgehead atoms. The van der Waals surface area contributed by atoms with Crippen LogP contribution in [0.4, 0.5) is 0 Å². The van der Waals surface area contributed by atoms with Crippen LogP contribution in [0, 0.1) is 5.92 Å². The molecule has 1 amide bonds. The fraction of sp³-hybridized carbons (Fsp3) is 0.643. The first-order valence-corrected chi connectivity index (χ1v) is 7.71. The Labute approximate surface area is 113 Å². The first-order valence-electron chi connectivity index (χ1n) is 6.83. The number of nitrogens with one attached hydrogen (secondary N) is 1. The van der Waals surface area contributed by atoms with Crippen LogP contribution in [-0.2, 0) is 6.42 Å². The van der Waals surface area contributed by atoms with Gasteiger partial charge in [0.2, 0.25) is 0 Å². The van der Waals surface area contributed by atoms with Crippen LogP contribution in [0.1, 0.15) is 47.8 Å². The van der Waals surface area contributed by atoms with Crippen LogP contribution >= 0.6 is 11.3 Å². The smallest absolute Gasteiger partial charge is 0.261 e. The second-order valence-corrected chi connectivity index (χ2v) is 5.90. The van der Waals surface area contributed by atoms with E-state index in [1.807, 2.05) is 11.4 Å². The van der Waals surface area contributed by atoms with E-state index in [2.05, 4.69) is 12.2 Å². The third kappa shape index (κ3) is 2.93. The lowest BCUT2D eigenvalue weighted by Gasteiger charge is -2.23. The molecule has 2 rings (SSSR count). The van der Waals surface area contributed by atoms with Crippen molar-refractivity contribution in [3.8, 4) is 0 Å². The fourth-order valence-electron chi connectivity index (χ4n) is 2.78. The van der Waals surface area contributed by atoms with E-state index in [4.69, 9.17) is 5.73 Å². The highest BCUT2D eigenvalue weighted by Crippen LogP contribution is 2.28. The Bertz CT molecular complexity index is 396. The third-order valence-electron chi connectivity index (χ3n) is 3.87. The van der Waals surface area contributed by atoms with Crippen molar-refractivity contribution in [3.63, 3.8) is 0 Å². The van der Waals surface area contributed by atoms with E-state index in [0.717, 1.165) is 16.9 Å². The van der Waals surface area contributed by atoms with Gasteiger partial charge in [0.1, 0.15) is 0 Å². The Morgan fingerprint density at radius 3 is 2.89 bits per heavy atom. The second kappa shape index (κ2) is 6.34. The summed E-state index contributed by atoms with van der Waals surface area (Å²) in [4.78, 5) is 13.1. The quantitative estimate of drug-likeness (QED) is 0.860. The molecule has 3 nitrogen and oxygen atoms in total. The van der Waals surface area contributed by atoms with Crippen molar-refractivity contribution in [2.45, 2.75) is 45.1 Å². The maximum Gasteiger partial charge on any atom is 0.261 e. The van der Waals surface area contributed by atoms with Crippen LogP contribution in [0.2, 0.25) is 0 Å². The van der Waals surface area contributed by atoms with Crippen molar-refractivity contribution in [2.24, 2.45) is 11.7 Å². The molecule has 4 heteroatoms. The van der Waals surface area contributed by atoms with Crippen LogP contribution in [0.15, 0.2) is 11.4 Å². The number of amides is 1. The number of carbonyl (C=O) groups is 1. The van der Waals surface area contributed by atoms with Gasteiger partial charge in [-0.05, 0) is 42.2 Å². The highest BCUT2D eigenvalue weighted by Gasteiger charge is 2.26. The van der Waals surface area contributed by atoms with Crippen molar-refractivity contribution in [1.82, 2.24) is 5.32 Å². The van der Waals surface area contributed by atoms with Gasteiger partial charge in [-0.2, -0.15) is 0 Å². The van der Waals surface area contributed by atoms with Gasteiger partial charge in [-0.3, -0.25) is 4.79 Å². The molecule has 18 heavy (non-hydrogen) atoms. The Hall–Kier alpha value is -0.870. The van der Waals surface area contributed by atoms with Gasteiger partial charge in [0.15, 0.2) is 0 Å². The predicted octanol–water partition coefficient (Wildman–Crippen LogP) is 2.56. The highest BCUT2D eigenvalue weighted by atomic mass is 32.1. The molecular weight excluding hydrogens is 244 g/mol. The predicted molar refractivity (Wildman–Crippen MR) is 76.0 cm³/mol. The zero-order valence-corrected chi connectivity index (χ0v) is 11.8. The summed E-state index contributed by atoms with van der Waals surface area (Å²) in [7, 11) is 0. The molecule has 1 saturated carbocycles. The van der Waals surface area contributed by atoms with Gasteiger partial charge in [0.25, 0.3) is 5.91 Å². The Kier molecular flexibility index (Phi) is 4.78. The first-order chi connectivity index (χ1) is 8.76. The summed E-state index contributed by atoms with van der Waals surface area (Å²) in [5.74, 6) is 0.633. The standard InChI is InChI=1S/C14H22N2OS/c1-2-10-7-8-18-13(10)14(17)16-12(9-15)11-5-3-4-6-11/h7-8,11-12H,2-6,9,15H2,1H3,(H,16,17). The van der Waals surface area contributed by atoms with E-state index in [1.54, 1.807) is 0 Å². The normalized spacial score (nSPS) is 17.9. The second-order valence-electron chi connectivity index (χ2n) is 4.99. The molecule has 1 aromatic rings. The van der Waals surface area contributed by atoms with Crippen molar-refractivity contribution >= 4 is 17.2 Å². The molecule has 100 valence electrons. The van der Waals surface area contributed by atoms with Gasteiger partial charge in [-0.15, -0.1) is 11.3 Å². The average Bonchev–Trinajstić information content (AvgIpc) is 3.05. The summed E-state index contributed by atoms with van der Waals surface area (Å²) in [6, 6.07) is 2.18. The molecule has 1 aliphatic carbocycles. The Balaban J connectivity index is 2.00. The summed E-state index contributed by atoms with van der Waals surface area (Å²) in [6.45, 7) is 2.62. The molecule has 0 radical (unpaired) electrons. The van der Waals surface area contributed by atoms with Crippen molar-refractivity contribution in [2.75, 3.05) is 6.54 Å². The van der Waals surface area contributed by atoms with E-state index >= 15 is 0 Å². The van der Waals surface area contributed by atoms with Gasteiger partial charge in [-0.25, -0.2) is 0 Å². The zero-order valence-electron chi connectivity index (χ0n) is 10.9. The van der Waals surface area contributed by atoms with Gasteiger partial charge < -0.3 is 11.1 Å². The number of carbonyl (C=O) groups excluding carboxylic acids is 1. The van der Waals surface area contributed by atoms with E-state index in [-0.39, 0.29) is 11.9 Å². The monoisotopic (exact) mass is 266 g/mol.